The van der Waals surface area contributed by atoms with Gasteiger partial charge in [0.25, 0.3) is 0 Å². The molecule has 1 aromatic rings. The van der Waals surface area contributed by atoms with Crippen LogP contribution < -0.4 is 0 Å². The highest BCUT2D eigenvalue weighted by molar-refractivity contribution is 6.36. The second kappa shape index (κ2) is 4.15. The summed E-state index contributed by atoms with van der Waals surface area (Å²) in [5, 5.41) is -2.65. The Balaban J connectivity index is 3.16. The SMILES string of the molecule is COC(=O)C(F)(Cl)c1ccccc1Cl. The minimum absolute atomic E-state index is 0.0791. The van der Waals surface area contributed by atoms with Gasteiger partial charge in [-0.3, -0.25) is 0 Å². The molecule has 0 saturated heterocycles. The van der Waals surface area contributed by atoms with E-state index in [0.717, 1.165) is 7.11 Å². The van der Waals surface area contributed by atoms with Crippen molar-refractivity contribution in [3.05, 3.63) is 34.9 Å². The predicted molar refractivity (Wildman–Crippen MR) is 52.1 cm³/mol. The Labute approximate surface area is 90.6 Å². The van der Waals surface area contributed by atoms with Gasteiger partial charge in [0.2, 0.25) is 0 Å². The molecule has 0 aromatic heterocycles. The van der Waals surface area contributed by atoms with Crippen molar-refractivity contribution in [2.75, 3.05) is 7.11 Å². The number of carbonyl (C=O) groups is 1. The molecule has 0 aliphatic heterocycles. The van der Waals surface area contributed by atoms with Crippen molar-refractivity contribution in [2.24, 2.45) is 0 Å². The average Bonchev–Trinajstić information content (AvgIpc) is 2.17. The molecule has 14 heavy (non-hydrogen) atoms. The normalized spacial score (nSPS) is 14.6. The smallest absolute Gasteiger partial charge is 0.364 e. The van der Waals surface area contributed by atoms with Crippen LogP contribution in [0.2, 0.25) is 5.02 Å². The third kappa shape index (κ3) is 1.99. The van der Waals surface area contributed by atoms with Crippen molar-refractivity contribution in [1.29, 1.82) is 0 Å². The first-order valence-corrected chi connectivity index (χ1v) is 4.47. The minimum atomic E-state index is -2.73. The van der Waals surface area contributed by atoms with Crippen LogP contribution in [0.3, 0.4) is 0 Å². The highest BCUT2D eigenvalue weighted by atomic mass is 35.5. The van der Waals surface area contributed by atoms with Crippen molar-refractivity contribution in [1.82, 2.24) is 0 Å². The molecule has 0 radical (unpaired) electrons. The Morgan fingerprint density at radius 3 is 2.57 bits per heavy atom. The molecule has 0 fully saturated rings. The molecule has 0 saturated carbocycles. The predicted octanol–water partition coefficient (Wildman–Crippen LogP) is 2.87. The fourth-order valence-corrected chi connectivity index (χ4v) is 1.51. The van der Waals surface area contributed by atoms with E-state index in [1.807, 2.05) is 0 Å². The Bertz CT molecular complexity index is 352. The maximum absolute atomic E-state index is 13.7. The number of alkyl halides is 2. The van der Waals surface area contributed by atoms with Gasteiger partial charge in [0.05, 0.1) is 7.11 Å². The summed E-state index contributed by atoms with van der Waals surface area (Å²) in [6, 6.07) is 5.90. The number of rotatable bonds is 2. The number of esters is 1. The van der Waals surface area contributed by atoms with Crippen molar-refractivity contribution in [3.63, 3.8) is 0 Å². The highest BCUT2D eigenvalue weighted by Crippen LogP contribution is 2.36. The van der Waals surface area contributed by atoms with Crippen molar-refractivity contribution in [3.8, 4) is 0 Å². The van der Waals surface area contributed by atoms with Gasteiger partial charge in [0, 0.05) is 10.6 Å². The largest absolute Gasteiger partial charge is 0.465 e. The summed E-state index contributed by atoms with van der Waals surface area (Å²) in [5.74, 6) is -1.19. The van der Waals surface area contributed by atoms with Crippen LogP contribution in [0.5, 0.6) is 0 Å². The van der Waals surface area contributed by atoms with Gasteiger partial charge in [-0.1, -0.05) is 41.4 Å². The molecule has 0 spiro atoms. The van der Waals surface area contributed by atoms with Gasteiger partial charge in [-0.05, 0) is 6.07 Å². The molecular weight excluding hydrogens is 230 g/mol. The van der Waals surface area contributed by atoms with E-state index in [0.29, 0.717) is 0 Å². The Hall–Kier alpha value is -0.800. The van der Waals surface area contributed by atoms with Gasteiger partial charge in [0.15, 0.2) is 0 Å². The lowest BCUT2D eigenvalue weighted by molar-refractivity contribution is -0.149. The molecule has 1 atom stereocenters. The van der Waals surface area contributed by atoms with E-state index in [9.17, 15) is 9.18 Å². The standard InChI is InChI=1S/C9H7Cl2FO2/c1-14-8(13)9(11,12)6-4-2-3-5-7(6)10/h2-5H,1H3. The molecule has 76 valence electrons. The summed E-state index contributed by atoms with van der Waals surface area (Å²) in [7, 11) is 1.05. The van der Waals surface area contributed by atoms with Crippen LogP contribution >= 0.6 is 23.2 Å². The van der Waals surface area contributed by atoms with Crippen LogP contribution in [0, 0.1) is 0 Å². The number of hydrogen-bond acceptors (Lipinski definition) is 2. The first kappa shape index (κ1) is 11.3. The molecule has 0 N–H and O–H groups in total. The molecule has 0 heterocycles. The summed E-state index contributed by atoms with van der Waals surface area (Å²) < 4.78 is 17.9. The lowest BCUT2D eigenvalue weighted by Crippen LogP contribution is -2.26. The number of benzene rings is 1. The first-order valence-electron chi connectivity index (χ1n) is 3.71. The fourth-order valence-electron chi connectivity index (χ4n) is 0.954. The average molecular weight is 237 g/mol. The molecule has 1 rings (SSSR count). The number of methoxy groups -OCH3 is 1. The van der Waals surface area contributed by atoms with Gasteiger partial charge in [-0.25, -0.2) is 9.18 Å². The summed E-state index contributed by atoms with van der Waals surface area (Å²) >= 11 is 11.1. The zero-order chi connectivity index (χ0) is 10.8. The molecule has 0 aliphatic carbocycles. The third-order valence-corrected chi connectivity index (χ3v) is 2.34. The van der Waals surface area contributed by atoms with E-state index in [-0.39, 0.29) is 10.6 Å². The van der Waals surface area contributed by atoms with Gasteiger partial charge in [0.1, 0.15) is 0 Å². The molecule has 5 heteroatoms. The number of halogens is 3. The molecule has 0 aliphatic rings. The zero-order valence-electron chi connectivity index (χ0n) is 7.26. The molecule has 0 amide bonds. The van der Waals surface area contributed by atoms with Crippen LogP contribution in [0.4, 0.5) is 4.39 Å². The number of hydrogen-bond donors (Lipinski definition) is 0. The zero-order valence-corrected chi connectivity index (χ0v) is 8.77. The first-order chi connectivity index (χ1) is 6.50. The summed E-state index contributed by atoms with van der Waals surface area (Å²) in [6.45, 7) is 0. The highest BCUT2D eigenvalue weighted by Gasteiger charge is 2.41. The van der Waals surface area contributed by atoms with Gasteiger partial charge < -0.3 is 4.74 Å². The van der Waals surface area contributed by atoms with Gasteiger partial charge >= 0.3 is 11.1 Å². The van der Waals surface area contributed by atoms with Crippen molar-refractivity contribution < 1.29 is 13.9 Å². The second-order valence-corrected chi connectivity index (χ2v) is 3.47. The maximum Gasteiger partial charge on any atom is 0.364 e. The van der Waals surface area contributed by atoms with Crippen LogP contribution in [0.25, 0.3) is 0 Å². The molecular formula is C9H7Cl2FO2. The second-order valence-electron chi connectivity index (χ2n) is 2.55. The Morgan fingerprint density at radius 2 is 2.07 bits per heavy atom. The van der Waals surface area contributed by atoms with Gasteiger partial charge in [-0.2, -0.15) is 0 Å². The van der Waals surface area contributed by atoms with E-state index >= 15 is 0 Å². The van der Waals surface area contributed by atoms with E-state index in [1.54, 1.807) is 6.07 Å². The molecule has 2 nitrogen and oxygen atoms in total. The molecule has 0 bridgehead atoms. The van der Waals surface area contributed by atoms with Crippen LogP contribution in [0.15, 0.2) is 24.3 Å². The van der Waals surface area contributed by atoms with Crippen LogP contribution in [-0.4, -0.2) is 13.1 Å². The Morgan fingerprint density at radius 1 is 1.50 bits per heavy atom. The van der Waals surface area contributed by atoms with E-state index in [1.165, 1.54) is 18.2 Å². The molecule has 1 unspecified atom stereocenters. The van der Waals surface area contributed by atoms with Crippen molar-refractivity contribution >= 4 is 29.2 Å². The van der Waals surface area contributed by atoms with E-state index < -0.39 is 11.1 Å². The lowest BCUT2D eigenvalue weighted by atomic mass is 10.1. The molecule has 1 aromatic carbocycles. The fraction of sp³-hybridized carbons (Fsp3) is 0.222. The summed E-state index contributed by atoms with van der Waals surface area (Å²) in [4.78, 5) is 11.0. The van der Waals surface area contributed by atoms with Crippen molar-refractivity contribution in [2.45, 2.75) is 5.13 Å². The monoisotopic (exact) mass is 236 g/mol. The van der Waals surface area contributed by atoms with Gasteiger partial charge in [-0.15, -0.1) is 0 Å². The quantitative estimate of drug-likeness (QED) is 0.583. The third-order valence-electron chi connectivity index (χ3n) is 1.65. The van der Waals surface area contributed by atoms with E-state index in [2.05, 4.69) is 4.74 Å². The Kier molecular flexibility index (Phi) is 3.34. The topological polar surface area (TPSA) is 26.3 Å². The summed E-state index contributed by atoms with van der Waals surface area (Å²) in [6.07, 6.45) is 0. The maximum atomic E-state index is 13.7. The number of carbonyl (C=O) groups excluding carboxylic acids is 1. The summed E-state index contributed by atoms with van der Waals surface area (Å²) in [5.41, 5.74) is -0.116. The van der Waals surface area contributed by atoms with E-state index in [4.69, 9.17) is 23.2 Å². The minimum Gasteiger partial charge on any atom is -0.465 e. The van der Waals surface area contributed by atoms with Crippen LogP contribution in [0.1, 0.15) is 5.56 Å². The van der Waals surface area contributed by atoms with Crippen LogP contribution in [-0.2, 0) is 14.7 Å². The number of ether oxygens (including phenoxy) is 1. The lowest BCUT2D eigenvalue weighted by Gasteiger charge is -2.16.